The molecule has 25 heavy (non-hydrogen) atoms. The van der Waals surface area contributed by atoms with Crippen molar-refractivity contribution in [1.82, 2.24) is 0 Å². The van der Waals surface area contributed by atoms with E-state index in [-0.39, 0.29) is 12.8 Å². The van der Waals surface area contributed by atoms with Crippen LogP contribution in [0.1, 0.15) is 44.9 Å². The minimum absolute atomic E-state index is 0.0977. The molecule has 0 saturated carbocycles. The first-order valence-electron chi connectivity index (χ1n) is 8.59. The molecule has 0 amide bonds. The van der Waals surface area contributed by atoms with Gasteiger partial charge >= 0.3 is 0 Å². The van der Waals surface area contributed by atoms with Crippen molar-refractivity contribution in [2.45, 2.75) is 44.9 Å². The maximum Gasteiger partial charge on any atom is 0.0414 e. The molecule has 134 valence electrons. The van der Waals surface area contributed by atoms with Gasteiger partial charge in [0.25, 0.3) is 0 Å². The molecule has 2 aromatic carbocycles. The van der Waals surface area contributed by atoms with Crippen LogP contribution >= 0.6 is 0 Å². The van der Waals surface area contributed by atoms with Crippen LogP contribution in [0, 0.1) is 0 Å². The molecule has 0 unspecified atom stereocenters. The summed E-state index contributed by atoms with van der Waals surface area (Å²) in [6.07, 6.45) is 3.95. The highest BCUT2D eigenvalue weighted by atomic mass is 16.4. The Labute approximate surface area is 149 Å². The van der Waals surface area contributed by atoms with Gasteiger partial charge in [-0.3, -0.25) is 0 Å². The molecular weight excluding hydrogens is 316 g/mol. The number of carbonyl (C=O) groups is 2. The molecule has 0 aliphatic rings. The van der Waals surface area contributed by atoms with Gasteiger partial charge in [-0.15, -0.1) is 0 Å². The lowest BCUT2D eigenvalue weighted by atomic mass is 10.1. The first kappa shape index (κ1) is 20.4. The molecule has 4 heteroatoms. The summed E-state index contributed by atoms with van der Waals surface area (Å²) in [4.78, 5) is 20.0. The number of carboxylic acids is 2. The summed E-state index contributed by atoms with van der Waals surface area (Å²) in [6.45, 7) is 0. The molecule has 0 aromatic heterocycles. The van der Waals surface area contributed by atoms with Gasteiger partial charge in [0, 0.05) is 11.9 Å². The standard InChI is InChI=1S/C12H10.C9H16O4/c1-3-7-11(8-4-1)12-9-5-2-6-10-12;10-8(11)6-4-2-1-3-5-7-9(12)13/h1-10H;1-7H2,(H,10,11)(H,12,13)/p-2. The van der Waals surface area contributed by atoms with Crippen LogP contribution in [0.25, 0.3) is 11.1 Å². The van der Waals surface area contributed by atoms with E-state index in [4.69, 9.17) is 0 Å². The fourth-order valence-electron chi connectivity index (χ4n) is 2.33. The number of carboxylic acid groups (broad SMARTS) is 2. The normalized spacial score (nSPS) is 9.76. The largest absolute Gasteiger partial charge is 0.550 e. The second kappa shape index (κ2) is 12.8. The number of hydrogen-bond acceptors (Lipinski definition) is 4. The molecular formula is C21H24O4-2. The van der Waals surface area contributed by atoms with Gasteiger partial charge in [-0.05, 0) is 36.8 Å². The summed E-state index contributed by atoms with van der Waals surface area (Å²) in [5, 5.41) is 20.0. The van der Waals surface area contributed by atoms with Crippen LogP contribution in [0.15, 0.2) is 60.7 Å². The second-order valence-electron chi connectivity index (χ2n) is 5.74. The van der Waals surface area contributed by atoms with Gasteiger partial charge in [0.05, 0.1) is 0 Å². The van der Waals surface area contributed by atoms with E-state index < -0.39 is 11.9 Å². The SMILES string of the molecule is O=C([O-])CCCCCCCC(=O)[O-].c1ccc(-c2ccccc2)cc1. The maximum absolute atomic E-state index is 9.98. The summed E-state index contributed by atoms with van der Waals surface area (Å²) in [5.74, 6) is -2.04. The van der Waals surface area contributed by atoms with Crippen molar-refractivity contribution in [2.24, 2.45) is 0 Å². The zero-order chi connectivity index (χ0) is 18.3. The Kier molecular flexibility index (Phi) is 10.4. The fourth-order valence-corrected chi connectivity index (χ4v) is 2.33. The smallest absolute Gasteiger partial charge is 0.0414 e. The van der Waals surface area contributed by atoms with Crippen LogP contribution in [-0.4, -0.2) is 11.9 Å². The van der Waals surface area contributed by atoms with Crippen LogP contribution in [0.3, 0.4) is 0 Å². The third-order valence-electron chi connectivity index (χ3n) is 3.64. The van der Waals surface area contributed by atoms with Gasteiger partial charge in [-0.1, -0.05) is 79.9 Å². The quantitative estimate of drug-likeness (QED) is 0.657. The van der Waals surface area contributed by atoms with Gasteiger partial charge in [0.2, 0.25) is 0 Å². The van der Waals surface area contributed by atoms with Crippen molar-refractivity contribution >= 4 is 11.9 Å². The molecule has 0 bridgehead atoms. The van der Waals surface area contributed by atoms with E-state index >= 15 is 0 Å². The van der Waals surface area contributed by atoms with E-state index in [0.29, 0.717) is 12.8 Å². The lowest BCUT2D eigenvalue weighted by Gasteiger charge is -2.03. The molecule has 0 fully saturated rings. The summed E-state index contributed by atoms with van der Waals surface area (Å²) in [5.41, 5.74) is 2.55. The van der Waals surface area contributed by atoms with Gasteiger partial charge in [0.1, 0.15) is 0 Å². The van der Waals surface area contributed by atoms with Crippen LogP contribution in [0.5, 0.6) is 0 Å². The summed E-state index contributed by atoms with van der Waals surface area (Å²) in [6, 6.07) is 20.8. The molecule has 0 atom stereocenters. The van der Waals surface area contributed by atoms with Crippen molar-refractivity contribution in [3.05, 3.63) is 60.7 Å². The Balaban J connectivity index is 0.000000250. The monoisotopic (exact) mass is 340 g/mol. The van der Waals surface area contributed by atoms with E-state index in [0.717, 1.165) is 19.3 Å². The summed E-state index contributed by atoms with van der Waals surface area (Å²) in [7, 11) is 0. The Morgan fingerprint density at radius 2 is 0.880 bits per heavy atom. The Bertz CT molecular complexity index is 553. The lowest BCUT2D eigenvalue weighted by Crippen LogP contribution is -2.21. The highest BCUT2D eigenvalue weighted by Crippen LogP contribution is 2.17. The molecule has 0 radical (unpaired) electrons. The van der Waals surface area contributed by atoms with Crippen LogP contribution < -0.4 is 10.2 Å². The predicted molar refractivity (Wildman–Crippen MR) is 94.2 cm³/mol. The van der Waals surface area contributed by atoms with Crippen molar-refractivity contribution in [2.75, 3.05) is 0 Å². The highest BCUT2D eigenvalue weighted by Gasteiger charge is 1.92. The van der Waals surface area contributed by atoms with Gasteiger partial charge in [-0.25, -0.2) is 0 Å². The van der Waals surface area contributed by atoms with Crippen molar-refractivity contribution < 1.29 is 19.8 Å². The van der Waals surface area contributed by atoms with E-state index in [1.807, 2.05) is 12.1 Å². The second-order valence-corrected chi connectivity index (χ2v) is 5.74. The van der Waals surface area contributed by atoms with Crippen molar-refractivity contribution in [3.63, 3.8) is 0 Å². The molecule has 2 rings (SSSR count). The van der Waals surface area contributed by atoms with Crippen LogP contribution in [0.4, 0.5) is 0 Å². The van der Waals surface area contributed by atoms with Gasteiger partial charge in [0.15, 0.2) is 0 Å². The zero-order valence-electron chi connectivity index (χ0n) is 14.4. The third-order valence-corrected chi connectivity index (χ3v) is 3.64. The lowest BCUT2D eigenvalue weighted by molar-refractivity contribution is -0.307. The van der Waals surface area contributed by atoms with Crippen LogP contribution in [0.2, 0.25) is 0 Å². The molecule has 0 aliphatic heterocycles. The average molecular weight is 340 g/mol. The Morgan fingerprint density at radius 1 is 0.560 bits per heavy atom. The molecule has 0 saturated heterocycles. The predicted octanol–water partition coefficient (Wildman–Crippen LogP) is 2.57. The number of unbranched alkanes of at least 4 members (excludes halogenated alkanes) is 4. The number of hydrogen-bond donors (Lipinski definition) is 0. The zero-order valence-corrected chi connectivity index (χ0v) is 14.4. The minimum Gasteiger partial charge on any atom is -0.550 e. The Hall–Kier alpha value is -2.62. The summed E-state index contributed by atoms with van der Waals surface area (Å²) >= 11 is 0. The molecule has 0 N–H and O–H groups in total. The van der Waals surface area contributed by atoms with E-state index in [1.165, 1.54) is 11.1 Å². The first-order chi connectivity index (χ1) is 12.1. The molecule has 4 nitrogen and oxygen atoms in total. The number of aliphatic carboxylic acids is 2. The van der Waals surface area contributed by atoms with E-state index in [1.54, 1.807) is 0 Å². The number of benzene rings is 2. The minimum atomic E-state index is -1.02. The first-order valence-corrected chi connectivity index (χ1v) is 8.59. The molecule has 2 aromatic rings. The Morgan fingerprint density at radius 3 is 1.20 bits per heavy atom. The molecule has 0 aliphatic carbocycles. The molecule has 0 spiro atoms. The van der Waals surface area contributed by atoms with Crippen LogP contribution in [-0.2, 0) is 9.59 Å². The maximum atomic E-state index is 9.98. The fraction of sp³-hybridized carbons (Fsp3) is 0.333. The molecule has 0 heterocycles. The highest BCUT2D eigenvalue weighted by molar-refractivity contribution is 5.64. The van der Waals surface area contributed by atoms with Crippen molar-refractivity contribution in [1.29, 1.82) is 0 Å². The number of carbonyl (C=O) groups excluding carboxylic acids is 2. The topological polar surface area (TPSA) is 80.3 Å². The van der Waals surface area contributed by atoms with Gasteiger partial charge < -0.3 is 19.8 Å². The third kappa shape index (κ3) is 10.7. The van der Waals surface area contributed by atoms with E-state index in [9.17, 15) is 19.8 Å². The van der Waals surface area contributed by atoms with Gasteiger partial charge in [-0.2, -0.15) is 0 Å². The van der Waals surface area contributed by atoms with Crippen molar-refractivity contribution in [3.8, 4) is 11.1 Å². The number of rotatable bonds is 9. The average Bonchev–Trinajstić information content (AvgIpc) is 2.62. The summed E-state index contributed by atoms with van der Waals surface area (Å²) < 4.78 is 0. The van der Waals surface area contributed by atoms with E-state index in [2.05, 4.69) is 48.5 Å².